The fraction of sp³-hybridized carbons (Fsp3) is 0.705. The highest BCUT2D eigenvalue weighted by Gasteiger charge is 2.20. The van der Waals surface area contributed by atoms with Crippen LogP contribution in [0, 0.1) is 0 Å². The third kappa shape index (κ3) is 41.0. The van der Waals surface area contributed by atoms with Crippen LogP contribution in [0.15, 0.2) is 72.9 Å². The number of hydrogen-bond donors (Lipinski definition) is 0. The van der Waals surface area contributed by atoms with E-state index < -0.39 is 13.9 Å². The Hall–Kier alpha value is -2.06. The van der Waals surface area contributed by atoms with Crippen molar-refractivity contribution >= 4 is 13.8 Å². The summed E-state index contributed by atoms with van der Waals surface area (Å²) in [4.78, 5) is 24.8. The smallest absolute Gasteiger partial charge is 0.306 e. The molecule has 0 aliphatic rings. The van der Waals surface area contributed by atoms with Gasteiger partial charge in [0.25, 0.3) is 7.82 Å². The van der Waals surface area contributed by atoms with Crippen molar-refractivity contribution in [3.8, 4) is 0 Å². The molecule has 0 aromatic carbocycles. The molecule has 0 aromatic heterocycles. The van der Waals surface area contributed by atoms with Crippen molar-refractivity contribution in [3.63, 3.8) is 0 Å². The van der Waals surface area contributed by atoms with Crippen LogP contribution >= 0.6 is 7.82 Å². The second kappa shape index (κ2) is 36.9. The third-order valence-corrected chi connectivity index (χ3v) is 9.24. The summed E-state index contributed by atoms with van der Waals surface area (Å²) in [6, 6.07) is 0. The van der Waals surface area contributed by atoms with Gasteiger partial charge >= 0.3 is 5.97 Å². The molecule has 0 fully saturated rings. The van der Waals surface area contributed by atoms with Gasteiger partial charge in [-0.05, 0) is 64.2 Å². The number of quaternary nitrogens is 1. The Morgan fingerprint density at radius 3 is 1.64 bits per heavy atom. The van der Waals surface area contributed by atoms with E-state index in [9.17, 15) is 14.3 Å². The average Bonchev–Trinajstić information content (AvgIpc) is 3.11. The van der Waals surface area contributed by atoms with E-state index >= 15 is 0 Å². The second-order valence-electron chi connectivity index (χ2n) is 14.6. The molecule has 0 radical (unpaired) electrons. The van der Waals surface area contributed by atoms with Crippen molar-refractivity contribution in [3.05, 3.63) is 72.9 Å². The Balaban J connectivity index is 4.16. The molecule has 0 saturated carbocycles. The zero-order valence-electron chi connectivity index (χ0n) is 34.4. The van der Waals surface area contributed by atoms with Crippen molar-refractivity contribution in [1.29, 1.82) is 0 Å². The molecule has 9 heteroatoms. The number of unbranched alkanes of at least 4 members (excludes halogenated alkanes) is 11. The number of esters is 1. The van der Waals surface area contributed by atoms with Crippen LogP contribution < -0.4 is 4.89 Å². The van der Waals surface area contributed by atoms with E-state index in [1.807, 2.05) is 21.1 Å². The fourth-order valence-corrected chi connectivity index (χ4v) is 5.81. The number of carbonyl (C=O) groups excluding carboxylic acids is 1. The molecule has 0 rings (SSSR count). The number of hydrogen-bond acceptors (Lipinski definition) is 7. The molecule has 0 saturated heterocycles. The number of likely N-dealkylation sites (N-methyl/N-ethyl adjacent to an activating group) is 1. The molecule has 0 heterocycles. The van der Waals surface area contributed by atoms with Gasteiger partial charge in [-0.15, -0.1) is 0 Å². The Kier molecular flexibility index (Phi) is 35.5. The highest BCUT2D eigenvalue weighted by molar-refractivity contribution is 7.45. The van der Waals surface area contributed by atoms with E-state index in [2.05, 4.69) is 86.8 Å². The standard InChI is InChI=1S/C44H78NO7P/c1-6-8-10-12-14-15-16-17-18-19-20-21-22-23-24-25-26-27-28-29-30-32-34-36-39-49-41-43(42-51-53(47,48)50-40-38-45(3,4)5)52-44(46)37-35-33-31-13-11-9-7-2/h8,10,14-15,17-18,20-21,23-24,26-27,43H,6-7,9,11-13,16,19,22,25,28-42H2,1-5H3/b10-8-,15-14-,18-17-,21-20-,24-23-,27-26-. The number of rotatable bonds is 37. The van der Waals surface area contributed by atoms with Crippen LogP contribution in [-0.4, -0.2) is 70.7 Å². The first-order valence-corrected chi connectivity index (χ1v) is 22.1. The topological polar surface area (TPSA) is 94.1 Å². The first kappa shape index (κ1) is 50.9. The monoisotopic (exact) mass is 764 g/mol. The second-order valence-corrected chi connectivity index (χ2v) is 16.0. The minimum Gasteiger partial charge on any atom is -0.756 e. The highest BCUT2D eigenvalue weighted by Crippen LogP contribution is 2.38. The van der Waals surface area contributed by atoms with Gasteiger partial charge in [0.2, 0.25) is 0 Å². The van der Waals surface area contributed by atoms with E-state index in [1.54, 1.807) is 0 Å². The first-order chi connectivity index (χ1) is 25.6. The third-order valence-electron chi connectivity index (χ3n) is 8.27. The van der Waals surface area contributed by atoms with Crippen LogP contribution in [0.5, 0.6) is 0 Å². The summed E-state index contributed by atoms with van der Waals surface area (Å²) in [6.45, 7) is 5.17. The lowest BCUT2D eigenvalue weighted by Crippen LogP contribution is -2.37. The summed E-state index contributed by atoms with van der Waals surface area (Å²) in [6.07, 6.45) is 46.5. The van der Waals surface area contributed by atoms with Crippen molar-refractivity contribution in [2.75, 3.05) is 54.1 Å². The zero-order valence-corrected chi connectivity index (χ0v) is 35.3. The summed E-state index contributed by atoms with van der Waals surface area (Å²) < 4.78 is 34.3. The molecule has 0 spiro atoms. The van der Waals surface area contributed by atoms with Gasteiger partial charge in [0.1, 0.15) is 19.3 Å². The summed E-state index contributed by atoms with van der Waals surface area (Å²) in [5.74, 6) is -0.352. The van der Waals surface area contributed by atoms with Gasteiger partial charge < -0.3 is 27.9 Å². The predicted molar refractivity (Wildman–Crippen MR) is 222 cm³/mol. The molecule has 306 valence electrons. The van der Waals surface area contributed by atoms with Crippen molar-refractivity contribution in [2.45, 2.75) is 148 Å². The SMILES string of the molecule is CC/C=C\C/C=C\C/C=C\C/C=C\C/C=C\C/C=C\CCCCCCCOCC(COP(=O)([O-])OCC[N+](C)(C)C)OC(=O)CCCCCCCCC. The Morgan fingerprint density at radius 2 is 1.09 bits per heavy atom. The van der Waals surface area contributed by atoms with Gasteiger partial charge in [0.05, 0.1) is 34.4 Å². The van der Waals surface area contributed by atoms with Gasteiger partial charge in [-0.3, -0.25) is 9.36 Å². The molecule has 0 N–H and O–H groups in total. The summed E-state index contributed by atoms with van der Waals surface area (Å²) in [7, 11) is 1.33. The Morgan fingerprint density at radius 1 is 0.604 bits per heavy atom. The van der Waals surface area contributed by atoms with Gasteiger partial charge in [0, 0.05) is 13.0 Å². The number of carbonyl (C=O) groups is 1. The zero-order chi connectivity index (χ0) is 39.1. The van der Waals surface area contributed by atoms with E-state index in [-0.39, 0.29) is 25.8 Å². The molecule has 2 atom stereocenters. The van der Waals surface area contributed by atoms with Crippen molar-refractivity contribution in [1.82, 2.24) is 0 Å². The van der Waals surface area contributed by atoms with Crippen molar-refractivity contribution in [2.24, 2.45) is 0 Å². The van der Waals surface area contributed by atoms with E-state index in [4.69, 9.17) is 18.5 Å². The van der Waals surface area contributed by atoms with Gasteiger partial charge in [0.15, 0.2) is 0 Å². The summed E-state index contributed by atoms with van der Waals surface area (Å²) >= 11 is 0. The summed E-state index contributed by atoms with van der Waals surface area (Å²) in [5, 5.41) is 0. The molecule has 0 aliphatic carbocycles. The van der Waals surface area contributed by atoms with Crippen molar-refractivity contribution < 1.29 is 37.3 Å². The average molecular weight is 764 g/mol. The number of phosphoric ester groups is 1. The number of allylic oxidation sites excluding steroid dienone is 12. The normalized spacial score (nSPS) is 14.6. The van der Waals surface area contributed by atoms with Crippen LogP contribution in [0.4, 0.5) is 0 Å². The van der Waals surface area contributed by atoms with Gasteiger partial charge in [-0.1, -0.05) is 145 Å². The molecule has 0 aromatic rings. The molecule has 0 aliphatic heterocycles. The van der Waals surface area contributed by atoms with Gasteiger partial charge in [-0.25, -0.2) is 0 Å². The first-order valence-electron chi connectivity index (χ1n) is 20.7. The minimum atomic E-state index is -4.52. The van der Waals surface area contributed by atoms with Crippen LogP contribution in [-0.2, 0) is 27.9 Å². The maximum atomic E-state index is 12.5. The molecular formula is C44H78NO7P. The van der Waals surface area contributed by atoms with Crippen LogP contribution in [0.3, 0.4) is 0 Å². The minimum absolute atomic E-state index is 0.0187. The van der Waals surface area contributed by atoms with E-state index in [0.717, 1.165) is 83.5 Å². The maximum absolute atomic E-state index is 12.5. The molecular weight excluding hydrogens is 685 g/mol. The number of nitrogens with zero attached hydrogens (tertiary/aromatic N) is 1. The number of ether oxygens (including phenoxy) is 2. The van der Waals surface area contributed by atoms with Crippen LogP contribution in [0.2, 0.25) is 0 Å². The quantitative estimate of drug-likeness (QED) is 0.0204. The Bertz CT molecular complexity index is 1070. The lowest BCUT2D eigenvalue weighted by atomic mass is 10.1. The van der Waals surface area contributed by atoms with Crippen LogP contribution in [0.1, 0.15) is 142 Å². The molecule has 0 amide bonds. The lowest BCUT2D eigenvalue weighted by Gasteiger charge is -2.28. The van der Waals surface area contributed by atoms with Gasteiger partial charge in [-0.2, -0.15) is 0 Å². The highest BCUT2D eigenvalue weighted by atomic mass is 31.2. The Labute approximate surface area is 325 Å². The van der Waals surface area contributed by atoms with E-state index in [0.29, 0.717) is 24.1 Å². The predicted octanol–water partition coefficient (Wildman–Crippen LogP) is 11.3. The molecule has 2 unspecified atom stereocenters. The summed E-state index contributed by atoms with van der Waals surface area (Å²) in [5.41, 5.74) is 0. The largest absolute Gasteiger partial charge is 0.756 e. The fourth-order valence-electron chi connectivity index (χ4n) is 5.08. The van der Waals surface area contributed by atoms with Crippen LogP contribution in [0.25, 0.3) is 0 Å². The molecule has 53 heavy (non-hydrogen) atoms. The molecule has 8 nitrogen and oxygen atoms in total. The number of phosphoric acid groups is 1. The lowest BCUT2D eigenvalue weighted by molar-refractivity contribution is -0.870. The van der Waals surface area contributed by atoms with E-state index in [1.165, 1.54) is 38.5 Å². The molecule has 0 bridgehead atoms. The maximum Gasteiger partial charge on any atom is 0.306 e.